The quantitative estimate of drug-likeness (QED) is 0.576. The molecular formula is C11H10N2O5. The molecule has 0 aromatic carbocycles. The van der Waals surface area contributed by atoms with Crippen molar-refractivity contribution in [3.63, 3.8) is 0 Å². The normalized spacial score (nSPS) is 28.6. The van der Waals surface area contributed by atoms with E-state index in [-0.39, 0.29) is 12.3 Å². The largest absolute Gasteiger partial charge is 0.435 e. The van der Waals surface area contributed by atoms with Crippen molar-refractivity contribution in [1.29, 1.82) is 0 Å². The minimum absolute atomic E-state index is 0.206. The van der Waals surface area contributed by atoms with Gasteiger partial charge in [-0.2, -0.15) is 5.06 Å². The van der Waals surface area contributed by atoms with Gasteiger partial charge in [0.15, 0.2) is 0 Å². The van der Waals surface area contributed by atoms with Gasteiger partial charge in [0, 0.05) is 37.1 Å². The molecule has 0 bridgehead atoms. The second-order valence-electron chi connectivity index (χ2n) is 4.10. The lowest BCUT2D eigenvalue weighted by atomic mass is 10.1. The Morgan fingerprint density at radius 3 is 2.83 bits per heavy atom. The lowest BCUT2D eigenvalue weighted by Gasteiger charge is -2.28. The molecule has 1 amide bonds. The van der Waals surface area contributed by atoms with Crippen LogP contribution in [0.5, 0.6) is 0 Å². The van der Waals surface area contributed by atoms with Crippen LogP contribution in [0.15, 0.2) is 23.4 Å². The van der Waals surface area contributed by atoms with E-state index in [2.05, 4.69) is 5.32 Å². The molecular weight excluding hydrogens is 240 g/mol. The van der Waals surface area contributed by atoms with E-state index < -0.39 is 18.2 Å². The Labute approximate surface area is 102 Å². The molecule has 0 radical (unpaired) electrons. The fraction of sp³-hybridized carbons (Fsp3) is 0.364. The van der Waals surface area contributed by atoms with Crippen molar-refractivity contribution in [2.75, 3.05) is 6.54 Å². The summed E-state index contributed by atoms with van der Waals surface area (Å²) in [6.07, 6.45) is 2.04. The molecule has 94 valence electrons. The minimum Gasteiger partial charge on any atom is -0.435 e. The highest BCUT2D eigenvalue weighted by molar-refractivity contribution is 5.96. The lowest BCUT2D eigenvalue weighted by Crippen LogP contribution is -2.38. The summed E-state index contributed by atoms with van der Waals surface area (Å²) >= 11 is 0. The maximum atomic E-state index is 11.7. The standard InChI is InChI=1S/C11H10N2O5/c14-9-1-2-10(15)18-13-7-3-4-12-11(16)6(7)5-8(13)17-9/h1-2,8H,3-5H2,(H,12,16)/b2-1+. The Balaban J connectivity index is 1.94. The second-order valence-corrected chi connectivity index (χ2v) is 4.10. The monoisotopic (exact) mass is 250 g/mol. The SMILES string of the molecule is O=C1/C=C/C(=O)ON2C3=C(CC2O1)C(=O)NCC3. The number of carbonyl (C=O) groups is 3. The average Bonchev–Trinajstić information content (AvgIpc) is 2.65. The number of nitrogens with one attached hydrogen (secondary N) is 1. The van der Waals surface area contributed by atoms with E-state index in [1.165, 1.54) is 5.06 Å². The number of hydrogen-bond donors (Lipinski definition) is 1. The third-order valence-corrected chi connectivity index (χ3v) is 2.97. The highest BCUT2D eigenvalue weighted by Crippen LogP contribution is 2.34. The van der Waals surface area contributed by atoms with Crippen molar-refractivity contribution in [3.8, 4) is 0 Å². The molecule has 0 aliphatic carbocycles. The summed E-state index contributed by atoms with van der Waals surface area (Å²) in [5.74, 6) is -1.48. The van der Waals surface area contributed by atoms with Crippen LogP contribution in [-0.2, 0) is 24.0 Å². The molecule has 1 N–H and O–H groups in total. The number of hydroxylamine groups is 2. The number of hydrogen-bond acceptors (Lipinski definition) is 6. The summed E-state index contributed by atoms with van der Waals surface area (Å²) in [6.45, 7) is 0.474. The first-order valence-corrected chi connectivity index (χ1v) is 5.55. The van der Waals surface area contributed by atoms with Crippen LogP contribution >= 0.6 is 0 Å². The Morgan fingerprint density at radius 1 is 1.22 bits per heavy atom. The zero-order chi connectivity index (χ0) is 12.7. The number of esters is 1. The average molecular weight is 250 g/mol. The number of ether oxygens (including phenoxy) is 1. The molecule has 0 saturated carbocycles. The van der Waals surface area contributed by atoms with Crippen LogP contribution in [0.2, 0.25) is 0 Å². The van der Waals surface area contributed by atoms with E-state index >= 15 is 0 Å². The third kappa shape index (κ3) is 1.64. The number of amides is 1. The molecule has 7 heteroatoms. The summed E-state index contributed by atoms with van der Waals surface area (Å²) in [6, 6.07) is 0. The second kappa shape index (κ2) is 3.86. The van der Waals surface area contributed by atoms with Gasteiger partial charge < -0.3 is 14.9 Å². The zero-order valence-corrected chi connectivity index (χ0v) is 9.34. The Hall–Kier alpha value is -2.31. The van der Waals surface area contributed by atoms with Crippen LogP contribution in [0.3, 0.4) is 0 Å². The number of fused-ring (bicyclic) bond motifs is 2. The van der Waals surface area contributed by atoms with Gasteiger partial charge in [-0.05, 0) is 0 Å². The maximum Gasteiger partial charge on any atom is 0.356 e. The smallest absolute Gasteiger partial charge is 0.356 e. The first kappa shape index (κ1) is 10.8. The summed E-state index contributed by atoms with van der Waals surface area (Å²) in [4.78, 5) is 39.5. The van der Waals surface area contributed by atoms with Crippen molar-refractivity contribution in [2.45, 2.75) is 19.1 Å². The van der Waals surface area contributed by atoms with E-state index in [4.69, 9.17) is 9.57 Å². The van der Waals surface area contributed by atoms with Crippen molar-refractivity contribution < 1.29 is 24.0 Å². The molecule has 3 aliphatic heterocycles. The van der Waals surface area contributed by atoms with Crippen molar-refractivity contribution in [2.24, 2.45) is 0 Å². The molecule has 0 spiro atoms. The van der Waals surface area contributed by atoms with Crippen molar-refractivity contribution >= 4 is 17.8 Å². The molecule has 1 unspecified atom stereocenters. The Morgan fingerprint density at radius 2 is 2.00 bits per heavy atom. The predicted molar refractivity (Wildman–Crippen MR) is 56.2 cm³/mol. The van der Waals surface area contributed by atoms with Crippen molar-refractivity contribution in [1.82, 2.24) is 10.4 Å². The number of rotatable bonds is 0. The number of nitrogens with zero attached hydrogens (tertiary/aromatic N) is 1. The molecule has 0 fully saturated rings. The molecule has 3 heterocycles. The van der Waals surface area contributed by atoms with Crippen LogP contribution in [-0.4, -0.2) is 35.7 Å². The predicted octanol–water partition coefficient (Wildman–Crippen LogP) is -0.637. The highest BCUT2D eigenvalue weighted by atomic mass is 16.7. The highest BCUT2D eigenvalue weighted by Gasteiger charge is 2.41. The molecule has 0 aromatic heterocycles. The summed E-state index contributed by atoms with van der Waals surface area (Å²) in [5.41, 5.74) is 1.12. The summed E-state index contributed by atoms with van der Waals surface area (Å²) < 4.78 is 5.11. The van der Waals surface area contributed by atoms with E-state index in [9.17, 15) is 14.4 Å². The fourth-order valence-electron chi connectivity index (χ4n) is 2.21. The topological polar surface area (TPSA) is 84.9 Å². The Bertz CT molecular complexity index is 508. The van der Waals surface area contributed by atoms with Gasteiger partial charge in [-0.15, -0.1) is 0 Å². The van der Waals surface area contributed by atoms with Gasteiger partial charge in [0.2, 0.25) is 12.1 Å². The van der Waals surface area contributed by atoms with Gasteiger partial charge in [-0.3, -0.25) is 4.79 Å². The lowest BCUT2D eigenvalue weighted by molar-refractivity contribution is -0.218. The molecule has 0 aromatic rings. The van der Waals surface area contributed by atoms with Crippen LogP contribution in [0, 0.1) is 0 Å². The van der Waals surface area contributed by atoms with Gasteiger partial charge in [-0.25, -0.2) is 9.59 Å². The molecule has 3 aliphatic rings. The van der Waals surface area contributed by atoms with Gasteiger partial charge >= 0.3 is 11.9 Å². The fourth-order valence-corrected chi connectivity index (χ4v) is 2.21. The van der Waals surface area contributed by atoms with Crippen LogP contribution in [0.1, 0.15) is 12.8 Å². The van der Waals surface area contributed by atoms with Crippen LogP contribution in [0.4, 0.5) is 0 Å². The molecule has 7 nitrogen and oxygen atoms in total. The zero-order valence-electron chi connectivity index (χ0n) is 9.34. The van der Waals surface area contributed by atoms with E-state index in [0.717, 1.165) is 12.2 Å². The summed E-state index contributed by atoms with van der Waals surface area (Å²) in [5, 5.41) is 3.93. The maximum absolute atomic E-state index is 11.7. The van der Waals surface area contributed by atoms with Crippen LogP contribution in [0.25, 0.3) is 0 Å². The van der Waals surface area contributed by atoms with E-state index in [1.54, 1.807) is 0 Å². The molecule has 0 saturated heterocycles. The first-order chi connectivity index (χ1) is 8.65. The molecule has 18 heavy (non-hydrogen) atoms. The van der Waals surface area contributed by atoms with Gasteiger partial charge in [0.05, 0.1) is 5.70 Å². The van der Waals surface area contributed by atoms with Gasteiger partial charge in [0.1, 0.15) is 0 Å². The van der Waals surface area contributed by atoms with E-state index in [1.807, 2.05) is 0 Å². The molecule has 3 rings (SSSR count). The van der Waals surface area contributed by atoms with Crippen molar-refractivity contribution in [3.05, 3.63) is 23.4 Å². The van der Waals surface area contributed by atoms with E-state index in [0.29, 0.717) is 24.2 Å². The molecule has 1 atom stereocenters. The number of carbonyl (C=O) groups excluding carboxylic acids is 3. The van der Waals surface area contributed by atoms with Gasteiger partial charge in [-0.1, -0.05) is 0 Å². The third-order valence-electron chi connectivity index (χ3n) is 2.97. The Kier molecular flexibility index (Phi) is 2.32. The van der Waals surface area contributed by atoms with Gasteiger partial charge in [0.25, 0.3) is 0 Å². The minimum atomic E-state index is -0.750. The summed E-state index contributed by atoms with van der Waals surface area (Å²) in [7, 11) is 0. The van der Waals surface area contributed by atoms with Crippen LogP contribution < -0.4 is 5.32 Å². The first-order valence-electron chi connectivity index (χ1n) is 5.55.